The van der Waals surface area contributed by atoms with Crippen molar-refractivity contribution in [2.24, 2.45) is 22.9 Å². The van der Waals surface area contributed by atoms with E-state index in [0.717, 1.165) is 17.8 Å². The molecule has 1 aliphatic rings. The Morgan fingerprint density at radius 2 is 2.00 bits per heavy atom. The van der Waals surface area contributed by atoms with Gasteiger partial charge < -0.3 is 5.32 Å². The number of amides is 1. The molecule has 2 N–H and O–H groups in total. The Morgan fingerprint density at radius 3 is 2.68 bits per heavy atom. The van der Waals surface area contributed by atoms with Crippen molar-refractivity contribution in [3.8, 4) is 0 Å². The summed E-state index contributed by atoms with van der Waals surface area (Å²) in [6.07, 6.45) is 3.43. The van der Waals surface area contributed by atoms with Crippen molar-refractivity contribution >= 4 is 17.3 Å². The summed E-state index contributed by atoms with van der Waals surface area (Å²) < 4.78 is 0. The van der Waals surface area contributed by atoms with E-state index in [1.165, 1.54) is 12.8 Å². The molecule has 1 aromatic rings. The minimum atomic E-state index is -0.0999. The number of hydrazone groups is 1. The maximum absolute atomic E-state index is 11.9. The molecule has 4 heteroatoms. The summed E-state index contributed by atoms with van der Waals surface area (Å²) in [5.74, 6) is 1.63. The third-order valence-corrected chi connectivity index (χ3v) is 4.31. The van der Waals surface area contributed by atoms with Gasteiger partial charge in [0.05, 0.1) is 6.54 Å². The van der Waals surface area contributed by atoms with Crippen molar-refractivity contribution < 1.29 is 4.79 Å². The minimum absolute atomic E-state index is 0.0999. The highest BCUT2D eigenvalue weighted by atomic mass is 16.2. The molecule has 0 radical (unpaired) electrons. The van der Waals surface area contributed by atoms with Crippen molar-refractivity contribution in [3.63, 3.8) is 0 Å². The number of benzene rings is 1. The lowest BCUT2D eigenvalue weighted by atomic mass is 9.76. The van der Waals surface area contributed by atoms with Gasteiger partial charge in [0.1, 0.15) is 0 Å². The second-order valence-electron chi connectivity index (χ2n) is 6.59. The SMILES string of the molecule is CC(C)[C@@H]1CC[C@H](C)C/C1=N/NC(=O)CNc1ccccc1. The van der Waals surface area contributed by atoms with Gasteiger partial charge in [-0.3, -0.25) is 4.79 Å². The number of para-hydroxylation sites is 1. The third kappa shape index (κ3) is 4.86. The highest BCUT2D eigenvalue weighted by Gasteiger charge is 2.27. The van der Waals surface area contributed by atoms with E-state index in [2.05, 4.69) is 36.6 Å². The number of nitrogens with one attached hydrogen (secondary N) is 2. The van der Waals surface area contributed by atoms with Gasteiger partial charge in [0.2, 0.25) is 0 Å². The van der Waals surface area contributed by atoms with Gasteiger partial charge in [-0.1, -0.05) is 39.0 Å². The molecule has 0 heterocycles. The third-order valence-electron chi connectivity index (χ3n) is 4.31. The van der Waals surface area contributed by atoms with Crippen molar-refractivity contribution in [1.29, 1.82) is 0 Å². The largest absolute Gasteiger partial charge is 0.376 e. The number of anilines is 1. The van der Waals surface area contributed by atoms with Crippen molar-refractivity contribution in [1.82, 2.24) is 5.43 Å². The molecule has 0 aromatic heterocycles. The number of rotatable bonds is 5. The van der Waals surface area contributed by atoms with Crippen LogP contribution < -0.4 is 10.7 Å². The number of carbonyl (C=O) groups is 1. The summed E-state index contributed by atoms with van der Waals surface area (Å²) in [5, 5.41) is 7.52. The first kappa shape index (κ1) is 16.5. The molecule has 2 rings (SSSR count). The predicted octanol–water partition coefficient (Wildman–Crippen LogP) is 3.66. The lowest BCUT2D eigenvalue weighted by Crippen LogP contribution is -2.32. The van der Waals surface area contributed by atoms with Crippen LogP contribution >= 0.6 is 0 Å². The van der Waals surface area contributed by atoms with Crippen LogP contribution in [0.25, 0.3) is 0 Å². The lowest BCUT2D eigenvalue weighted by Gasteiger charge is -2.30. The molecule has 4 nitrogen and oxygen atoms in total. The maximum Gasteiger partial charge on any atom is 0.259 e. The number of hydrogen-bond acceptors (Lipinski definition) is 3. The van der Waals surface area contributed by atoms with Gasteiger partial charge in [0.15, 0.2) is 0 Å². The van der Waals surface area contributed by atoms with Crippen LogP contribution in [-0.2, 0) is 4.79 Å². The minimum Gasteiger partial charge on any atom is -0.376 e. The van der Waals surface area contributed by atoms with Crippen LogP contribution in [0.5, 0.6) is 0 Å². The topological polar surface area (TPSA) is 53.5 Å². The molecule has 22 heavy (non-hydrogen) atoms. The highest BCUT2D eigenvalue weighted by Crippen LogP contribution is 2.31. The molecule has 1 amide bonds. The summed E-state index contributed by atoms with van der Waals surface area (Å²) in [6, 6.07) is 9.72. The van der Waals surface area contributed by atoms with Gasteiger partial charge in [-0.05, 0) is 43.2 Å². The van der Waals surface area contributed by atoms with Gasteiger partial charge in [-0.15, -0.1) is 0 Å². The fraction of sp³-hybridized carbons (Fsp3) is 0.556. The predicted molar refractivity (Wildman–Crippen MR) is 91.9 cm³/mol. The number of carbonyl (C=O) groups excluding carboxylic acids is 1. The van der Waals surface area contributed by atoms with Crippen LogP contribution in [0.1, 0.15) is 40.0 Å². The molecule has 1 aromatic carbocycles. The van der Waals surface area contributed by atoms with Crippen molar-refractivity contribution in [2.45, 2.75) is 40.0 Å². The lowest BCUT2D eigenvalue weighted by molar-refractivity contribution is -0.119. The Kier molecular flexibility index (Phi) is 5.99. The molecular formula is C18H27N3O. The Bertz CT molecular complexity index is 510. The van der Waals surface area contributed by atoms with E-state index in [1.807, 2.05) is 30.3 Å². The normalized spacial score (nSPS) is 23.5. The van der Waals surface area contributed by atoms with E-state index in [9.17, 15) is 4.79 Å². The zero-order valence-corrected chi connectivity index (χ0v) is 13.8. The van der Waals surface area contributed by atoms with Gasteiger partial charge in [0.25, 0.3) is 5.91 Å². The van der Waals surface area contributed by atoms with Gasteiger partial charge >= 0.3 is 0 Å². The van der Waals surface area contributed by atoms with E-state index in [4.69, 9.17) is 0 Å². The average molecular weight is 301 g/mol. The molecule has 0 aliphatic heterocycles. The second kappa shape index (κ2) is 7.97. The van der Waals surface area contributed by atoms with Crippen LogP contribution in [0, 0.1) is 17.8 Å². The average Bonchev–Trinajstić information content (AvgIpc) is 2.51. The summed E-state index contributed by atoms with van der Waals surface area (Å²) in [6.45, 7) is 6.96. The van der Waals surface area contributed by atoms with Crippen LogP contribution in [0.3, 0.4) is 0 Å². The second-order valence-corrected chi connectivity index (χ2v) is 6.59. The van der Waals surface area contributed by atoms with Gasteiger partial charge in [-0.2, -0.15) is 5.10 Å². The smallest absolute Gasteiger partial charge is 0.259 e. The Hall–Kier alpha value is -1.84. The Labute approximate surface area is 133 Å². The monoisotopic (exact) mass is 301 g/mol. The molecule has 0 saturated heterocycles. The van der Waals surface area contributed by atoms with E-state index >= 15 is 0 Å². The van der Waals surface area contributed by atoms with Crippen molar-refractivity contribution in [2.75, 3.05) is 11.9 Å². The van der Waals surface area contributed by atoms with Crippen LogP contribution in [-0.4, -0.2) is 18.2 Å². The van der Waals surface area contributed by atoms with E-state index in [0.29, 0.717) is 17.8 Å². The summed E-state index contributed by atoms with van der Waals surface area (Å²) in [5.41, 5.74) is 4.81. The van der Waals surface area contributed by atoms with Crippen LogP contribution in [0.4, 0.5) is 5.69 Å². The molecule has 120 valence electrons. The van der Waals surface area contributed by atoms with Crippen LogP contribution in [0.15, 0.2) is 35.4 Å². The molecule has 0 unspecified atom stereocenters. The standard InChI is InChI=1S/C18H27N3O/c1-13(2)16-10-9-14(3)11-17(16)20-21-18(22)12-19-15-7-5-4-6-8-15/h4-8,13-14,16,19H,9-12H2,1-3H3,(H,21,22)/b20-17-/t14-,16-/m0/s1. The van der Waals surface area contributed by atoms with Crippen molar-refractivity contribution in [3.05, 3.63) is 30.3 Å². The maximum atomic E-state index is 11.9. The van der Waals surface area contributed by atoms with E-state index in [1.54, 1.807) is 0 Å². The zero-order valence-electron chi connectivity index (χ0n) is 13.8. The fourth-order valence-electron chi connectivity index (χ4n) is 3.00. The molecular weight excluding hydrogens is 274 g/mol. The van der Waals surface area contributed by atoms with E-state index in [-0.39, 0.29) is 12.5 Å². The highest BCUT2D eigenvalue weighted by molar-refractivity contribution is 5.89. The first-order chi connectivity index (χ1) is 10.6. The summed E-state index contributed by atoms with van der Waals surface area (Å²) in [7, 11) is 0. The number of hydrogen-bond donors (Lipinski definition) is 2. The first-order valence-electron chi connectivity index (χ1n) is 8.20. The molecule has 0 spiro atoms. The summed E-state index contributed by atoms with van der Waals surface area (Å²) >= 11 is 0. The molecule has 1 saturated carbocycles. The Balaban J connectivity index is 1.87. The van der Waals surface area contributed by atoms with Gasteiger partial charge in [-0.25, -0.2) is 5.43 Å². The molecule has 1 aliphatic carbocycles. The quantitative estimate of drug-likeness (QED) is 0.815. The summed E-state index contributed by atoms with van der Waals surface area (Å²) in [4.78, 5) is 11.9. The fourth-order valence-corrected chi connectivity index (χ4v) is 3.00. The Morgan fingerprint density at radius 1 is 1.27 bits per heavy atom. The molecule has 0 bridgehead atoms. The van der Waals surface area contributed by atoms with Gasteiger partial charge in [0, 0.05) is 17.3 Å². The van der Waals surface area contributed by atoms with Crippen LogP contribution in [0.2, 0.25) is 0 Å². The molecule has 2 atom stereocenters. The molecule has 1 fully saturated rings. The zero-order chi connectivity index (χ0) is 15.9. The number of nitrogens with zero attached hydrogens (tertiary/aromatic N) is 1. The first-order valence-corrected chi connectivity index (χ1v) is 8.20. The van der Waals surface area contributed by atoms with E-state index < -0.39 is 0 Å².